The highest BCUT2D eigenvalue weighted by atomic mass is 79.9. The van der Waals surface area contributed by atoms with Crippen molar-refractivity contribution < 1.29 is 4.79 Å². The van der Waals surface area contributed by atoms with Crippen molar-refractivity contribution in [3.63, 3.8) is 0 Å². The van der Waals surface area contributed by atoms with Crippen LogP contribution in [0, 0.1) is 0 Å². The van der Waals surface area contributed by atoms with Gasteiger partial charge in [-0.05, 0) is 31.0 Å². The third-order valence-electron chi connectivity index (χ3n) is 2.73. The number of anilines is 1. The Labute approximate surface area is 111 Å². The predicted molar refractivity (Wildman–Crippen MR) is 75.0 cm³/mol. The van der Waals surface area contributed by atoms with Crippen molar-refractivity contribution in [3.8, 4) is 0 Å². The second kappa shape index (κ2) is 6.64. The van der Waals surface area contributed by atoms with E-state index in [9.17, 15) is 4.79 Å². The molecule has 0 radical (unpaired) electrons. The fourth-order valence-electron chi connectivity index (χ4n) is 1.72. The molecule has 0 spiro atoms. The van der Waals surface area contributed by atoms with Crippen LogP contribution in [0.4, 0.5) is 5.69 Å². The van der Waals surface area contributed by atoms with E-state index in [1.807, 2.05) is 6.07 Å². The van der Waals surface area contributed by atoms with E-state index in [2.05, 4.69) is 35.1 Å². The molecule has 1 aromatic rings. The molecule has 0 aliphatic carbocycles. The van der Waals surface area contributed by atoms with Crippen molar-refractivity contribution in [1.82, 2.24) is 5.32 Å². The number of carbonyl (C=O) groups excluding carboxylic acids is 1. The van der Waals surface area contributed by atoms with E-state index in [0.29, 0.717) is 11.3 Å². The minimum absolute atomic E-state index is 0.0934. The SMILES string of the molecule is CCCC(CC)NC(=O)c1cc(Br)ccc1N. The maximum absolute atomic E-state index is 12.0. The molecule has 3 nitrogen and oxygen atoms in total. The molecule has 0 saturated heterocycles. The number of nitrogen functional groups attached to an aromatic ring is 1. The molecule has 1 rings (SSSR count). The van der Waals surface area contributed by atoms with Gasteiger partial charge in [-0.25, -0.2) is 0 Å². The quantitative estimate of drug-likeness (QED) is 0.819. The highest BCUT2D eigenvalue weighted by Gasteiger charge is 2.14. The Balaban J connectivity index is 2.78. The maximum Gasteiger partial charge on any atom is 0.253 e. The number of carbonyl (C=O) groups is 1. The van der Waals surface area contributed by atoms with E-state index in [0.717, 1.165) is 23.7 Å². The van der Waals surface area contributed by atoms with Gasteiger partial charge in [0.15, 0.2) is 0 Å². The minimum Gasteiger partial charge on any atom is -0.398 e. The van der Waals surface area contributed by atoms with Gasteiger partial charge in [0.1, 0.15) is 0 Å². The van der Waals surface area contributed by atoms with E-state index >= 15 is 0 Å². The summed E-state index contributed by atoms with van der Waals surface area (Å²) in [6.45, 7) is 4.19. The monoisotopic (exact) mass is 298 g/mol. The summed E-state index contributed by atoms with van der Waals surface area (Å²) in [5.74, 6) is -0.0934. The smallest absolute Gasteiger partial charge is 0.253 e. The van der Waals surface area contributed by atoms with Gasteiger partial charge in [0.25, 0.3) is 5.91 Å². The minimum atomic E-state index is -0.0934. The molecular formula is C13H19BrN2O. The molecule has 1 atom stereocenters. The van der Waals surface area contributed by atoms with Gasteiger partial charge in [-0.1, -0.05) is 36.2 Å². The molecule has 0 bridgehead atoms. The number of rotatable bonds is 5. The molecule has 0 aromatic heterocycles. The predicted octanol–water partition coefficient (Wildman–Crippen LogP) is 3.34. The average Bonchev–Trinajstić information content (AvgIpc) is 2.31. The number of benzene rings is 1. The summed E-state index contributed by atoms with van der Waals surface area (Å²) in [5, 5.41) is 3.01. The van der Waals surface area contributed by atoms with Crippen LogP contribution in [0.25, 0.3) is 0 Å². The lowest BCUT2D eigenvalue weighted by molar-refractivity contribution is 0.0934. The number of hydrogen-bond acceptors (Lipinski definition) is 2. The van der Waals surface area contributed by atoms with Crippen LogP contribution in [0.5, 0.6) is 0 Å². The van der Waals surface area contributed by atoms with Crippen molar-refractivity contribution in [2.45, 2.75) is 39.2 Å². The Hall–Kier alpha value is -1.03. The molecule has 0 aliphatic heterocycles. The van der Waals surface area contributed by atoms with Gasteiger partial charge in [0.05, 0.1) is 5.56 Å². The molecule has 1 unspecified atom stereocenters. The zero-order valence-corrected chi connectivity index (χ0v) is 11.9. The summed E-state index contributed by atoms with van der Waals surface area (Å²) in [7, 11) is 0. The van der Waals surface area contributed by atoms with Crippen LogP contribution in [0.3, 0.4) is 0 Å². The highest BCUT2D eigenvalue weighted by molar-refractivity contribution is 9.10. The zero-order chi connectivity index (χ0) is 12.8. The molecule has 17 heavy (non-hydrogen) atoms. The van der Waals surface area contributed by atoms with Gasteiger partial charge in [-0.2, -0.15) is 0 Å². The van der Waals surface area contributed by atoms with Crippen LogP contribution in [-0.2, 0) is 0 Å². The summed E-state index contributed by atoms with van der Waals surface area (Å²) in [6, 6.07) is 5.55. The normalized spacial score (nSPS) is 12.2. The molecular weight excluding hydrogens is 280 g/mol. The summed E-state index contributed by atoms with van der Waals surface area (Å²) in [5.41, 5.74) is 6.85. The first-order valence-electron chi connectivity index (χ1n) is 5.94. The topological polar surface area (TPSA) is 55.1 Å². The van der Waals surface area contributed by atoms with E-state index in [-0.39, 0.29) is 11.9 Å². The van der Waals surface area contributed by atoms with Gasteiger partial charge in [-0.15, -0.1) is 0 Å². The Morgan fingerprint density at radius 3 is 2.76 bits per heavy atom. The van der Waals surface area contributed by atoms with Gasteiger partial charge >= 0.3 is 0 Å². The van der Waals surface area contributed by atoms with Gasteiger partial charge < -0.3 is 11.1 Å². The zero-order valence-electron chi connectivity index (χ0n) is 10.3. The van der Waals surface area contributed by atoms with E-state index in [1.54, 1.807) is 12.1 Å². The maximum atomic E-state index is 12.0. The number of nitrogens with two attached hydrogens (primary N) is 1. The largest absolute Gasteiger partial charge is 0.398 e. The lowest BCUT2D eigenvalue weighted by Crippen LogP contribution is -2.34. The molecule has 4 heteroatoms. The van der Waals surface area contributed by atoms with Crippen LogP contribution in [-0.4, -0.2) is 11.9 Å². The number of amides is 1. The lowest BCUT2D eigenvalue weighted by Gasteiger charge is -2.16. The van der Waals surface area contributed by atoms with Crippen molar-refractivity contribution in [2.75, 3.05) is 5.73 Å². The van der Waals surface area contributed by atoms with Gasteiger partial charge in [0.2, 0.25) is 0 Å². The Morgan fingerprint density at radius 2 is 2.18 bits per heavy atom. The average molecular weight is 299 g/mol. The molecule has 94 valence electrons. The van der Waals surface area contributed by atoms with Gasteiger partial charge in [0, 0.05) is 16.2 Å². The molecule has 0 saturated carbocycles. The van der Waals surface area contributed by atoms with E-state index in [4.69, 9.17) is 5.73 Å². The Kier molecular flexibility index (Phi) is 5.48. The highest BCUT2D eigenvalue weighted by Crippen LogP contribution is 2.18. The van der Waals surface area contributed by atoms with Crippen LogP contribution < -0.4 is 11.1 Å². The molecule has 0 aliphatic rings. The van der Waals surface area contributed by atoms with E-state index in [1.165, 1.54) is 0 Å². The Morgan fingerprint density at radius 1 is 1.47 bits per heavy atom. The summed E-state index contributed by atoms with van der Waals surface area (Å²) >= 11 is 3.34. The van der Waals surface area contributed by atoms with Crippen LogP contribution in [0.2, 0.25) is 0 Å². The van der Waals surface area contributed by atoms with Crippen molar-refractivity contribution in [1.29, 1.82) is 0 Å². The Bertz CT molecular complexity index is 393. The molecule has 1 aromatic carbocycles. The molecule has 0 fully saturated rings. The third-order valence-corrected chi connectivity index (χ3v) is 3.22. The fraction of sp³-hybridized carbons (Fsp3) is 0.462. The second-order valence-corrected chi connectivity index (χ2v) is 5.01. The second-order valence-electron chi connectivity index (χ2n) is 4.10. The van der Waals surface area contributed by atoms with Crippen molar-refractivity contribution >= 4 is 27.5 Å². The molecule has 3 N–H and O–H groups in total. The van der Waals surface area contributed by atoms with Crippen LogP contribution in [0.1, 0.15) is 43.5 Å². The first-order chi connectivity index (χ1) is 8.08. The molecule has 0 heterocycles. The summed E-state index contributed by atoms with van der Waals surface area (Å²) in [6.07, 6.45) is 3.00. The number of hydrogen-bond donors (Lipinski definition) is 2. The number of halogens is 1. The van der Waals surface area contributed by atoms with Crippen molar-refractivity contribution in [3.05, 3.63) is 28.2 Å². The standard InChI is InChI=1S/C13H19BrN2O/c1-3-5-10(4-2)16-13(17)11-8-9(14)6-7-12(11)15/h6-8,10H,3-5,15H2,1-2H3,(H,16,17). The number of nitrogens with one attached hydrogen (secondary N) is 1. The first-order valence-corrected chi connectivity index (χ1v) is 6.73. The van der Waals surface area contributed by atoms with Crippen LogP contribution in [0.15, 0.2) is 22.7 Å². The summed E-state index contributed by atoms with van der Waals surface area (Å²) in [4.78, 5) is 12.0. The molecule has 1 amide bonds. The first kappa shape index (κ1) is 14.0. The lowest BCUT2D eigenvalue weighted by atomic mass is 10.1. The summed E-state index contributed by atoms with van der Waals surface area (Å²) < 4.78 is 0.861. The van der Waals surface area contributed by atoms with Crippen LogP contribution >= 0.6 is 15.9 Å². The van der Waals surface area contributed by atoms with Crippen molar-refractivity contribution in [2.24, 2.45) is 0 Å². The third kappa shape index (κ3) is 4.04. The fourth-order valence-corrected chi connectivity index (χ4v) is 2.08. The van der Waals surface area contributed by atoms with E-state index < -0.39 is 0 Å². The van der Waals surface area contributed by atoms with Gasteiger partial charge in [-0.3, -0.25) is 4.79 Å².